The average Bonchev–Trinajstić information content (AvgIpc) is 3.44. The summed E-state index contributed by atoms with van der Waals surface area (Å²) in [5.74, 6) is -1.09. The maximum Gasteiger partial charge on any atom is 0.308 e. The first-order valence-electron chi connectivity index (χ1n) is 16.4. The van der Waals surface area contributed by atoms with Crippen molar-refractivity contribution in [3.05, 3.63) is 81.7 Å². The van der Waals surface area contributed by atoms with E-state index in [1.165, 1.54) is 52.6 Å². The standard InChI is InChI=1S/C35H44N4O6S2/c1-4-18-38(19-5-2)34(41)31-29-17-20-37(23-25-9-7-6-8-10-25)24-30(29)46-33(31)36-32(40)26-11-13-28(14-12-26)47(43,44)39-21-15-27(16-22-39)35(42)45-3/h6-14,27H,4-5,15-24H2,1-3H3,(H,36,40). The van der Waals surface area contributed by atoms with Crippen LogP contribution in [0.2, 0.25) is 0 Å². The number of rotatable bonds is 12. The lowest BCUT2D eigenvalue weighted by molar-refractivity contribution is -0.146. The molecule has 0 aliphatic carbocycles. The Hall–Kier alpha value is -3.58. The molecule has 252 valence electrons. The summed E-state index contributed by atoms with van der Waals surface area (Å²) >= 11 is 1.45. The third-order valence-electron chi connectivity index (χ3n) is 8.84. The second kappa shape index (κ2) is 15.5. The number of thiophene rings is 1. The molecule has 0 radical (unpaired) electrons. The van der Waals surface area contributed by atoms with Crippen LogP contribution in [0.4, 0.5) is 5.00 Å². The van der Waals surface area contributed by atoms with Gasteiger partial charge < -0.3 is 15.0 Å². The topological polar surface area (TPSA) is 116 Å². The molecule has 5 rings (SSSR count). The van der Waals surface area contributed by atoms with Gasteiger partial charge in [-0.2, -0.15) is 4.31 Å². The van der Waals surface area contributed by atoms with Crippen LogP contribution in [0.5, 0.6) is 0 Å². The molecule has 0 spiro atoms. The van der Waals surface area contributed by atoms with Crippen LogP contribution in [0.3, 0.4) is 0 Å². The number of benzene rings is 2. The van der Waals surface area contributed by atoms with Crippen LogP contribution in [0.1, 0.15) is 76.3 Å². The van der Waals surface area contributed by atoms with Crippen molar-refractivity contribution in [1.29, 1.82) is 0 Å². The predicted molar refractivity (Wildman–Crippen MR) is 183 cm³/mol. The number of carbonyl (C=O) groups is 3. The first-order valence-corrected chi connectivity index (χ1v) is 18.6. The van der Waals surface area contributed by atoms with E-state index in [2.05, 4.69) is 36.2 Å². The molecule has 3 aromatic rings. The highest BCUT2D eigenvalue weighted by Gasteiger charge is 2.33. The van der Waals surface area contributed by atoms with Crippen LogP contribution in [0, 0.1) is 5.92 Å². The second-order valence-corrected chi connectivity index (χ2v) is 15.2. The smallest absolute Gasteiger partial charge is 0.308 e. The normalized spacial score (nSPS) is 16.0. The third-order valence-corrected chi connectivity index (χ3v) is 11.9. The molecule has 0 saturated carbocycles. The minimum atomic E-state index is -3.79. The third kappa shape index (κ3) is 7.94. The van der Waals surface area contributed by atoms with E-state index in [9.17, 15) is 22.8 Å². The molecule has 2 amide bonds. The lowest BCUT2D eigenvalue weighted by Gasteiger charge is -2.29. The fraction of sp³-hybridized carbons (Fsp3) is 0.457. The van der Waals surface area contributed by atoms with Gasteiger partial charge in [-0.1, -0.05) is 44.2 Å². The van der Waals surface area contributed by atoms with Gasteiger partial charge in [0.05, 0.1) is 23.5 Å². The number of nitrogens with zero attached hydrogens (tertiary/aromatic N) is 3. The largest absolute Gasteiger partial charge is 0.469 e. The minimum Gasteiger partial charge on any atom is -0.469 e. The van der Waals surface area contributed by atoms with Gasteiger partial charge in [0.1, 0.15) is 5.00 Å². The molecule has 1 fully saturated rings. The van der Waals surface area contributed by atoms with Gasteiger partial charge in [-0.15, -0.1) is 11.3 Å². The Balaban J connectivity index is 1.35. The van der Waals surface area contributed by atoms with Crippen molar-refractivity contribution in [2.24, 2.45) is 5.92 Å². The molecule has 2 aliphatic heterocycles. The number of fused-ring (bicyclic) bond motifs is 1. The fourth-order valence-electron chi connectivity index (χ4n) is 6.36. The number of anilines is 1. The number of nitrogens with one attached hydrogen (secondary N) is 1. The Morgan fingerprint density at radius 1 is 0.957 bits per heavy atom. The molecular weight excluding hydrogens is 637 g/mol. The SMILES string of the molecule is CCCN(CCC)C(=O)c1c(NC(=O)c2ccc(S(=O)(=O)N3CCC(C(=O)OC)CC3)cc2)sc2c1CCN(Cc1ccccc1)C2. The quantitative estimate of drug-likeness (QED) is 0.255. The van der Waals surface area contributed by atoms with Crippen LogP contribution >= 0.6 is 11.3 Å². The number of esters is 1. The molecule has 3 heterocycles. The van der Waals surface area contributed by atoms with Crippen molar-refractivity contribution in [1.82, 2.24) is 14.1 Å². The van der Waals surface area contributed by atoms with E-state index in [1.807, 2.05) is 23.1 Å². The van der Waals surface area contributed by atoms with Crippen LogP contribution in [-0.4, -0.2) is 80.1 Å². The minimum absolute atomic E-state index is 0.0598. The van der Waals surface area contributed by atoms with Crippen LogP contribution < -0.4 is 5.32 Å². The summed E-state index contributed by atoms with van der Waals surface area (Å²) in [5.41, 5.74) is 3.11. The summed E-state index contributed by atoms with van der Waals surface area (Å²) in [4.78, 5) is 44.9. The lowest BCUT2D eigenvalue weighted by atomic mass is 9.99. The second-order valence-electron chi connectivity index (χ2n) is 12.1. The number of amides is 2. The van der Waals surface area contributed by atoms with E-state index in [1.54, 1.807) is 0 Å². The van der Waals surface area contributed by atoms with Crippen molar-refractivity contribution in [2.45, 2.75) is 63.9 Å². The van der Waals surface area contributed by atoms with Gasteiger partial charge in [-0.25, -0.2) is 8.42 Å². The van der Waals surface area contributed by atoms with Gasteiger partial charge in [0.2, 0.25) is 10.0 Å². The molecule has 0 atom stereocenters. The van der Waals surface area contributed by atoms with E-state index in [0.717, 1.165) is 36.4 Å². The number of carbonyl (C=O) groups excluding carboxylic acids is 3. The Morgan fingerprint density at radius 2 is 1.62 bits per heavy atom. The molecule has 10 nitrogen and oxygen atoms in total. The van der Waals surface area contributed by atoms with Crippen molar-refractivity contribution in [3.63, 3.8) is 0 Å². The Labute approximate surface area is 281 Å². The molecule has 12 heteroatoms. The van der Waals surface area contributed by atoms with Crippen molar-refractivity contribution >= 4 is 44.1 Å². The van der Waals surface area contributed by atoms with Gasteiger partial charge in [-0.05, 0) is 67.5 Å². The van der Waals surface area contributed by atoms with Crippen molar-refractivity contribution in [3.8, 4) is 0 Å². The lowest BCUT2D eigenvalue weighted by Crippen LogP contribution is -2.40. The molecule has 47 heavy (non-hydrogen) atoms. The zero-order valence-corrected chi connectivity index (χ0v) is 29.0. The van der Waals surface area contributed by atoms with Crippen molar-refractivity contribution < 1.29 is 27.5 Å². The summed E-state index contributed by atoms with van der Waals surface area (Å²) in [7, 11) is -2.46. The molecule has 2 aliphatic rings. The molecule has 1 N–H and O–H groups in total. The van der Waals surface area contributed by atoms with Crippen LogP contribution in [0.15, 0.2) is 59.5 Å². The summed E-state index contributed by atoms with van der Waals surface area (Å²) in [6, 6.07) is 16.2. The van der Waals surface area contributed by atoms with Gasteiger partial charge in [0, 0.05) is 56.3 Å². The monoisotopic (exact) mass is 680 g/mol. The zero-order chi connectivity index (χ0) is 33.6. The van der Waals surface area contributed by atoms with E-state index in [-0.39, 0.29) is 35.8 Å². The number of sulfonamides is 1. The van der Waals surface area contributed by atoms with E-state index in [4.69, 9.17) is 4.74 Å². The van der Waals surface area contributed by atoms with E-state index < -0.39 is 15.9 Å². The Kier molecular flexibility index (Phi) is 11.5. The molecule has 0 unspecified atom stereocenters. The van der Waals surface area contributed by atoms with Crippen LogP contribution in [0.25, 0.3) is 0 Å². The molecule has 2 aromatic carbocycles. The van der Waals surface area contributed by atoms with E-state index >= 15 is 0 Å². The number of methoxy groups -OCH3 is 1. The molecule has 0 bridgehead atoms. The maximum atomic E-state index is 14.0. The van der Waals surface area contributed by atoms with E-state index in [0.29, 0.717) is 55.0 Å². The summed E-state index contributed by atoms with van der Waals surface area (Å²) in [6.45, 7) is 8.14. The first-order chi connectivity index (χ1) is 22.7. The average molecular weight is 681 g/mol. The predicted octanol–water partition coefficient (Wildman–Crippen LogP) is 5.39. The highest BCUT2D eigenvalue weighted by atomic mass is 32.2. The highest BCUT2D eigenvalue weighted by Crippen LogP contribution is 2.39. The molecular formula is C35H44N4O6S2. The van der Waals surface area contributed by atoms with Gasteiger partial charge >= 0.3 is 5.97 Å². The van der Waals surface area contributed by atoms with Gasteiger partial charge in [0.25, 0.3) is 11.8 Å². The fourth-order valence-corrected chi connectivity index (χ4v) is 9.11. The van der Waals surface area contributed by atoms with Gasteiger partial charge in [0.15, 0.2) is 0 Å². The summed E-state index contributed by atoms with van der Waals surface area (Å²) < 4.78 is 32.8. The Bertz CT molecular complexity index is 1660. The zero-order valence-electron chi connectivity index (χ0n) is 27.4. The number of hydrogen-bond donors (Lipinski definition) is 1. The van der Waals surface area contributed by atoms with Crippen molar-refractivity contribution in [2.75, 3.05) is 45.2 Å². The number of ether oxygens (including phenoxy) is 1. The maximum absolute atomic E-state index is 14.0. The van der Waals surface area contributed by atoms with Gasteiger partial charge in [-0.3, -0.25) is 19.3 Å². The summed E-state index contributed by atoms with van der Waals surface area (Å²) in [6.07, 6.45) is 3.18. The molecule has 1 saturated heterocycles. The summed E-state index contributed by atoms with van der Waals surface area (Å²) in [5, 5.41) is 3.56. The highest BCUT2D eigenvalue weighted by molar-refractivity contribution is 7.89. The number of hydrogen-bond acceptors (Lipinski definition) is 8. The first kappa shape index (κ1) is 34.7. The van der Waals surface area contributed by atoms with Crippen LogP contribution in [-0.2, 0) is 39.1 Å². The molecule has 1 aromatic heterocycles. The number of piperidine rings is 1. The Morgan fingerprint density at radius 3 is 2.23 bits per heavy atom.